The first-order chi connectivity index (χ1) is 14.5. The van der Waals surface area contributed by atoms with Crippen molar-refractivity contribution in [2.45, 2.75) is 4.90 Å². The smallest absolute Gasteiger partial charge is 0.277 e. The van der Waals surface area contributed by atoms with E-state index in [2.05, 4.69) is 9.93 Å². The third-order valence-electron chi connectivity index (χ3n) is 4.60. The summed E-state index contributed by atoms with van der Waals surface area (Å²) in [5.41, 5.74) is 1.09. The number of hydrazone groups is 1. The molecule has 0 heterocycles. The van der Waals surface area contributed by atoms with Gasteiger partial charge >= 0.3 is 0 Å². The average molecular weight is 418 g/mol. The van der Waals surface area contributed by atoms with Crippen LogP contribution in [0.3, 0.4) is 0 Å². The molecule has 7 heteroatoms. The molecule has 0 aliphatic carbocycles. The molecule has 0 saturated heterocycles. The van der Waals surface area contributed by atoms with E-state index in [1.807, 2.05) is 24.3 Å². The molecule has 4 aromatic carbocycles. The van der Waals surface area contributed by atoms with Gasteiger partial charge in [-0.15, -0.1) is 0 Å². The van der Waals surface area contributed by atoms with Crippen LogP contribution in [0.25, 0.3) is 10.8 Å². The van der Waals surface area contributed by atoms with Crippen LogP contribution in [-0.4, -0.2) is 24.3 Å². The lowest BCUT2D eigenvalue weighted by Crippen LogP contribution is -2.21. The molecule has 0 aliphatic rings. The van der Waals surface area contributed by atoms with Gasteiger partial charge in [0.2, 0.25) is 0 Å². The molecule has 150 valence electrons. The molecule has 0 saturated carbocycles. The van der Waals surface area contributed by atoms with Crippen LogP contribution in [0.1, 0.15) is 11.1 Å². The predicted octanol–water partition coefficient (Wildman–Crippen LogP) is 3.98. The van der Waals surface area contributed by atoms with E-state index in [1.165, 1.54) is 24.3 Å². The average Bonchev–Trinajstić information content (AvgIpc) is 2.75. The summed E-state index contributed by atoms with van der Waals surface area (Å²) in [5.74, 6) is -0.332. The van der Waals surface area contributed by atoms with Gasteiger partial charge in [0.15, 0.2) is 0 Å². The number of fused-ring (bicyclic) bond motifs is 1. The van der Waals surface area contributed by atoms with E-state index in [9.17, 15) is 18.6 Å². The fourth-order valence-corrected chi connectivity index (χ4v) is 4.22. The van der Waals surface area contributed by atoms with Crippen LogP contribution < -0.4 is 4.83 Å². The molecule has 4 rings (SSSR count). The van der Waals surface area contributed by atoms with Gasteiger partial charge in [-0.3, -0.25) is 0 Å². The van der Waals surface area contributed by atoms with Crippen LogP contribution in [0.4, 0.5) is 0 Å². The van der Waals surface area contributed by atoms with Crippen LogP contribution in [-0.2, 0) is 10.0 Å². The molecule has 0 unspecified atom stereocenters. The van der Waals surface area contributed by atoms with Crippen molar-refractivity contribution < 1.29 is 18.6 Å². The summed E-state index contributed by atoms with van der Waals surface area (Å²) in [6.45, 7) is 0. The van der Waals surface area contributed by atoms with Crippen molar-refractivity contribution in [2.24, 2.45) is 5.10 Å². The Labute approximate surface area is 173 Å². The number of phenolic OH excluding ortho intramolecular Hbond substituents is 2. The van der Waals surface area contributed by atoms with Crippen molar-refractivity contribution in [3.63, 3.8) is 0 Å². The number of hydrogen-bond donors (Lipinski definition) is 3. The van der Waals surface area contributed by atoms with Crippen LogP contribution in [0.15, 0.2) is 101 Å². The van der Waals surface area contributed by atoms with Crippen LogP contribution in [0.2, 0.25) is 0 Å². The first-order valence-electron chi connectivity index (χ1n) is 9.11. The minimum absolute atomic E-state index is 0.103. The number of phenols is 2. The number of hydrogen-bond acceptors (Lipinski definition) is 5. The molecule has 30 heavy (non-hydrogen) atoms. The third-order valence-corrected chi connectivity index (χ3v) is 5.87. The van der Waals surface area contributed by atoms with E-state index in [1.54, 1.807) is 42.5 Å². The molecular weight excluding hydrogens is 400 g/mol. The van der Waals surface area contributed by atoms with E-state index in [0.29, 0.717) is 10.9 Å². The SMILES string of the molecule is O=S(=O)(NN=C(c1ccccc1)c1ccc(O)cc1O)c1cccc2ccccc12. The number of sulfonamides is 1. The molecule has 0 aromatic heterocycles. The van der Waals surface area contributed by atoms with Gasteiger partial charge in [0.1, 0.15) is 17.2 Å². The minimum Gasteiger partial charge on any atom is -0.508 e. The van der Waals surface area contributed by atoms with Gasteiger partial charge in [0.05, 0.1) is 4.90 Å². The molecule has 0 fully saturated rings. The second-order valence-electron chi connectivity index (χ2n) is 6.60. The normalized spacial score (nSPS) is 12.1. The number of benzene rings is 4. The van der Waals surface area contributed by atoms with Crippen molar-refractivity contribution in [1.82, 2.24) is 4.83 Å². The predicted molar refractivity (Wildman–Crippen MR) is 116 cm³/mol. The van der Waals surface area contributed by atoms with Gasteiger partial charge in [-0.2, -0.15) is 18.4 Å². The fraction of sp³-hybridized carbons (Fsp3) is 0. The lowest BCUT2D eigenvalue weighted by molar-refractivity contribution is 0.450. The molecule has 0 radical (unpaired) electrons. The molecule has 0 aliphatic heterocycles. The van der Waals surface area contributed by atoms with Gasteiger partial charge in [-0.1, -0.05) is 66.7 Å². The summed E-state index contributed by atoms with van der Waals surface area (Å²) in [5, 5.41) is 25.4. The second-order valence-corrected chi connectivity index (χ2v) is 8.23. The zero-order valence-corrected chi connectivity index (χ0v) is 16.5. The summed E-state index contributed by atoms with van der Waals surface area (Å²) in [7, 11) is -3.99. The van der Waals surface area contributed by atoms with Gasteiger partial charge in [-0.05, 0) is 23.6 Å². The highest BCUT2D eigenvalue weighted by Crippen LogP contribution is 2.26. The van der Waals surface area contributed by atoms with Crippen molar-refractivity contribution in [1.29, 1.82) is 0 Å². The quantitative estimate of drug-likeness (QED) is 0.337. The zero-order chi connectivity index (χ0) is 21.1. The number of nitrogens with zero attached hydrogens (tertiary/aromatic N) is 1. The Hall–Kier alpha value is -3.84. The maximum absolute atomic E-state index is 13.0. The highest BCUT2D eigenvalue weighted by atomic mass is 32.2. The first-order valence-corrected chi connectivity index (χ1v) is 10.6. The van der Waals surface area contributed by atoms with E-state index < -0.39 is 10.0 Å². The Morgan fingerprint density at radius 2 is 1.50 bits per heavy atom. The summed E-state index contributed by atoms with van der Waals surface area (Å²) in [6, 6.07) is 25.1. The standard InChI is InChI=1S/C23H18N2O4S/c26-18-13-14-20(21(27)15-18)23(17-8-2-1-3-9-17)24-25-30(28,29)22-12-6-10-16-7-4-5-11-19(16)22/h1-15,25-27H. The summed E-state index contributed by atoms with van der Waals surface area (Å²) < 4.78 is 26.1. The van der Waals surface area contributed by atoms with Gasteiger partial charge in [0.25, 0.3) is 10.0 Å². The highest BCUT2D eigenvalue weighted by molar-refractivity contribution is 7.89. The molecule has 0 atom stereocenters. The number of aromatic hydroxyl groups is 2. The van der Waals surface area contributed by atoms with Crippen LogP contribution in [0.5, 0.6) is 11.5 Å². The molecule has 0 amide bonds. The van der Waals surface area contributed by atoms with E-state index in [-0.39, 0.29) is 27.7 Å². The fourth-order valence-electron chi connectivity index (χ4n) is 3.18. The second kappa shape index (κ2) is 7.88. The lowest BCUT2D eigenvalue weighted by Gasteiger charge is -2.12. The lowest BCUT2D eigenvalue weighted by atomic mass is 10.0. The third kappa shape index (κ3) is 3.83. The highest BCUT2D eigenvalue weighted by Gasteiger charge is 2.18. The summed E-state index contributed by atoms with van der Waals surface area (Å²) in [4.78, 5) is 2.40. The maximum Gasteiger partial charge on any atom is 0.277 e. The Morgan fingerprint density at radius 3 is 2.27 bits per heavy atom. The number of rotatable bonds is 5. The summed E-state index contributed by atoms with van der Waals surface area (Å²) in [6.07, 6.45) is 0. The maximum atomic E-state index is 13.0. The van der Waals surface area contributed by atoms with E-state index in [4.69, 9.17) is 0 Å². The largest absolute Gasteiger partial charge is 0.508 e. The monoisotopic (exact) mass is 418 g/mol. The molecule has 3 N–H and O–H groups in total. The van der Waals surface area contributed by atoms with E-state index >= 15 is 0 Å². The Bertz CT molecular complexity index is 1350. The van der Waals surface area contributed by atoms with Crippen LogP contribution >= 0.6 is 0 Å². The molecule has 6 nitrogen and oxygen atoms in total. The Morgan fingerprint density at radius 1 is 0.800 bits per heavy atom. The first kappa shape index (κ1) is 19.5. The summed E-state index contributed by atoms with van der Waals surface area (Å²) >= 11 is 0. The molecule has 0 bridgehead atoms. The van der Waals surface area contributed by atoms with Gasteiger partial charge in [0, 0.05) is 22.6 Å². The molecule has 0 spiro atoms. The van der Waals surface area contributed by atoms with Crippen molar-refractivity contribution >= 4 is 26.5 Å². The molecule has 4 aromatic rings. The van der Waals surface area contributed by atoms with E-state index in [0.717, 1.165) is 5.39 Å². The van der Waals surface area contributed by atoms with Gasteiger partial charge in [-0.25, -0.2) is 0 Å². The van der Waals surface area contributed by atoms with Crippen LogP contribution in [0, 0.1) is 0 Å². The van der Waals surface area contributed by atoms with Crippen molar-refractivity contribution in [3.8, 4) is 11.5 Å². The zero-order valence-electron chi connectivity index (χ0n) is 15.7. The topological polar surface area (TPSA) is 99.0 Å². The number of nitrogens with one attached hydrogen (secondary N) is 1. The Kier molecular flexibility index (Phi) is 5.12. The van der Waals surface area contributed by atoms with Gasteiger partial charge < -0.3 is 10.2 Å². The Balaban J connectivity index is 1.81. The molecular formula is C23H18N2O4S. The minimum atomic E-state index is -3.99. The van der Waals surface area contributed by atoms with Crippen molar-refractivity contribution in [3.05, 3.63) is 102 Å². The van der Waals surface area contributed by atoms with Crippen molar-refractivity contribution in [2.75, 3.05) is 0 Å².